The summed E-state index contributed by atoms with van der Waals surface area (Å²) in [6.07, 6.45) is -0.336. The molecule has 0 spiro atoms. The summed E-state index contributed by atoms with van der Waals surface area (Å²) in [4.78, 5) is 1.99. The van der Waals surface area contributed by atoms with E-state index in [1.54, 1.807) is 0 Å². The molecule has 0 fully saturated rings. The third kappa shape index (κ3) is 5.31. The van der Waals surface area contributed by atoms with E-state index in [-0.39, 0.29) is 6.10 Å². The van der Waals surface area contributed by atoms with E-state index in [0.29, 0.717) is 13.1 Å². The lowest BCUT2D eigenvalue weighted by molar-refractivity contribution is 0.134. The maximum Gasteiger partial charge on any atom is 0.0791 e. The Balaban J connectivity index is 1.90. The second-order valence-corrected chi connectivity index (χ2v) is 5.61. The van der Waals surface area contributed by atoms with Crippen LogP contribution in [0.4, 0.5) is 0 Å². The van der Waals surface area contributed by atoms with Crippen molar-refractivity contribution in [1.82, 2.24) is 10.2 Å². The standard InChI is InChI=1S/C18H24N2O/c1-20(2)14-18(21)13-19-12-15-7-6-10-17(11-15)16-8-4-3-5-9-16/h3-11,18-19,21H,12-14H2,1-2H3. The first-order chi connectivity index (χ1) is 10.1. The molecule has 0 saturated heterocycles. The average Bonchev–Trinajstić information content (AvgIpc) is 2.48. The van der Waals surface area contributed by atoms with E-state index in [0.717, 1.165) is 6.54 Å². The smallest absolute Gasteiger partial charge is 0.0791 e. The third-order valence-electron chi connectivity index (χ3n) is 3.32. The Labute approximate surface area is 127 Å². The SMILES string of the molecule is CN(C)CC(O)CNCc1cccc(-c2ccccc2)c1. The van der Waals surface area contributed by atoms with Gasteiger partial charge in [-0.3, -0.25) is 0 Å². The first kappa shape index (κ1) is 15.7. The molecule has 21 heavy (non-hydrogen) atoms. The zero-order valence-corrected chi connectivity index (χ0v) is 12.8. The molecule has 0 radical (unpaired) electrons. The van der Waals surface area contributed by atoms with Crippen LogP contribution in [0.5, 0.6) is 0 Å². The van der Waals surface area contributed by atoms with Gasteiger partial charge in [-0.2, -0.15) is 0 Å². The molecule has 1 atom stereocenters. The Morgan fingerprint density at radius 2 is 1.71 bits per heavy atom. The Bertz CT molecular complexity index is 540. The predicted molar refractivity (Wildman–Crippen MR) is 88.1 cm³/mol. The molecule has 112 valence electrons. The van der Waals surface area contributed by atoms with E-state index in [2.05, 4.69) is 53.8 Å². The number of nitrogens with one attached hydrogen (secondary N) is 1. The number of benzene rings is 2. The van der Waals surface area contributed by atoms with Gasteiger partial charge in [-0.1, -0.05) is 48.5 Å². The predicted octanol–water partition coefficient (Wildman–Crippen LogP) is 2.37. The van der Waals surface area contributed by atoms with Crippen LogP contribution >= 0.6 is 0 Å². The number of hydrogen-bond acceptors (Lipinski definition) is 3. The molecule has 0 aromatic heterocycles. The Morgan fingerprint density at radius 1 is 1.00 bits per heavy atom. The van der Waals surface area contributed by atoms with Crippen LogP contribution in [-0.2, 0) is 6.54 Å². The van der Waals surface area contributed by atoms with E-state index < -0.39 is 0 Å². The Morgan fingerprint density at radius 3 is 2.43 bits per heavy atom. The number of hydrogen-bond donors (Lipinski definition) is 2. The van der Waals surface area contributed by atoms with Gasteiger partial charge in [-0.25, -0.2) is 0 Å². The zero-order valence-electron chi connectivity index (χ0n) is 12.8. The van der Waals surface area contributed by atoms with Crippen molar-refractivity contribution < 1.29 is 5.11 Å². The van der Waals surface area contributed by atoms with Crippen LogP contribution in [0.2, 0.25) is 0 Å². The van der Waals surface area contributed by atoms with Crippen LogP contribution in [0.1, 0.15) is 5.56 Å². The first-order valence-electron chi connectivity index (χ1n) is 7.33. The van der Waals surface area contributed by atoms with Crippen molar-refractivity contribution in [2.75, 3.05) is 27.2 Å². The molecule has 0 aliphatic rings. The van der Waals surface area contributed by atoms with Gasteiger partial charge in [0.25, 0.3) is 0 Å². The van der Waals surface area contributed by atoms with E-state index in [9.17, 15) is 5.11 Å². The molecule has 0 amide bonds. The maximum atomic E-state index is 9.83. The molecule has 2 aromatic rings. The normalized spacial score (nSPS) is 12.6. The lowest BCUT2D eigenvalue weighted by Crippen LogP contribution is -2.34. The van der Waals surface area contributed by atoms with Crippen molar-refractivity contribution in [3.8, 4) is 11.1 Å². The molecule has 0 heterocycles. The highest BCUT2D eigenvalue weighted by Gasteiger charge is 2.05. The average molecular weight is 284 g/mol. The van der Waals surface area contributed by atoms with Gasteiger partial charge in [0, 0.05) is 19.6 Å². The summed E-state index contributed by atoms with van der Waals surface area (Å²) in [6.45, 7) is 2.05. The van der Waals surface area contributed by atoms with Crippen LogP contribution in [0, 0.1) is 0 Å². The molecular weight excluding hydrogens is 260 g/mol. The Hall–Kier alpha value is -1.68. The molecule has 0 aliphatic heterocycles. The summed E-state index contributed by atoms with van der Waals surface area (Å²) in [5.74, 6) is 0. The summed E-state index contributed by atoms with van der Waals surface area (Å²) in [5, 5.41) is 13.1. The van der Waals surface area contributed by atoms with Crippen molar-refractivity contribution >= 4 is 0 Å². The number of nitrogens with zero attached hydrogens (tertiary/aromatic N) is 1. The number of likely N-dealkylation sites (N-methyl/N-ethyl adjacent to an activating group) is 1. The monoisotopic (exact) mass is 284 g/mol. The minimum atomic E-state index is -0.336. The fraction of sp³-hybridized carbons (Fsp3) is 0.333. The van der Waals surface area contributed by atoms with Crippen LogP contribution in [0.25, 0.3) is 11.1 Å². The summed E-state index contributed by atoms with van der Waals surface area (Å²) in [7, 11) is 3.93. The van der Waals surface area contributed by atoms with Crippen molar-refractivity contribution in [1.29, 1.82) is 0 Å². The van der Waals surface area contributed by atoms with Gasteiger partial charge in [0.05, 0.1) is 6.10 Å². The summed E-state index contributed by atoms with van der Waals surface area (Å²) < 4.78 is 0. The second kappa shape index (κ2) is 7.93. The summed E-state index contributed by atoms with van der Waals surface area (Å²) >= 11 is 0. The van der Waals surface area contributed by atoms with Gasteiger partial charge in [0.15, 0.2) is 0 Å². The van der Waals surface area contributed by atoms with Gasteiger partial charge < -0.3 is 15.3 Å². The van der Waals surface area contributed by atoms with Crippen LogP contribution in [0.15, 0.2) is 54.6 Å². The van der Waals surface area contributed by atoms with Gasteiger partial charge in [-0.15, -0.1) is 0 Å². The highest BCUT2D eigenvalue weighted by Crippen LogP contribution is 2.19. The van der Waals surface area contributed by atoms with Crippen LogP contribution in [-0.4, -0.2) is 43.3 Å². The third-order valence-corrected chi connectivity index (χ3v) is 3.32. The van der Waals surface area contributed by atoms with Gasteiger partial charge in [0.2, 0.25) is 0 Å². The minimum Gasteiger partial charge on any atom is -0.390 e. The lowest BCUT2D eigenvalue weighted by atomic mass is 10.0. The number of aliphatic hydroxyl groups is 1. The molecule has 3 heteroatoms. The fourth-order valence-electron chi connectivity index (χ4n) is 2.36. The molecule has 2 N–H and O–H groups in total. The Kier molecular flexibility index (Phi) is 5.93. The number of rotatable bonds is 7. The van der Waals surface area contributed by atoms with Crippen LogP contribution < -0.4 is 5.32 Å². The molecule has 3 nitrogen and oxygen atoms in total. The van der Waals surface area contributed by atoms with Crippen molar-refractivity contribution in [3.63, 3.8) is 0 Å². The van der Waals surface area contributed by atoms with Crippen molar-refractivity contribution in [3.05, 3.63) is 60.2 Å². The fourth-order valence-corrected chi connectivity index (χ4v) is 2.36. The summed E-state index contributed by atoms with van der Waals surface area (Å²) in [6, 6.07) is 18.9. The van der Waals surface area contributed by atoms with Gasteiger partial charge in [-0.05, 0) is 36.9 Å². The molecule has 2 rings (SSSR count). The van der Waals surface area contributed by atoms with E-state index >= 15 is 0 Å². The van der Waals surface area contributed by atoms with E-state index in [1.807, 2.05) is 25.1 Å². The van der Waals surface area contributed by atoms with Crippen molar-refractivity contribution in [2.45, 2.75) is 12.6 Å². The maximum absolute atomic E-state index is 9.83. The minimum absolute atomic E-state index is 0.336. The molecule has 0 aliphatic carbocycles. The van der Waals surface area contributed by atoms with Crippen molar-refractivity contribution in [2.24, 2.45) is 0 Å². The highest BCUT2D eigenvalue weighted by molar-refractivity contribution is 5.63. The summed E-state index contributed by atoms with van der Waals surface area (Å²) in [5.41, 5.74) is 3.68. The molecule has 1 unspecified atom stereocenters. The topological polar surface area (TPSA) is 35.5 Å². The molecule has 0 bridgehead atoms. The zero-order chi connectivity index (χ0) is 15.1. The number of aliphatic hydroxyl groups excluding tert-OH is 1. The van der Waals surface area contributed by atoms with Crippen LogP contribution in [0.3, 0.4) is 0 Å². The second-order valence-electron chi connectivity index (χ2n) is 5.61. The van der Waals surface area contributed by atoms with E-state index in [4.69, 9.17) is 0 Å². The lowest BCUT2D eigenvalue weighted by Gasteiger charge is -2.16. The van der Waals surface area contributed by atoms with Gasteiger partial charge >= 0.3 is 0 Å². The first-order valence-corrected chi connectivity index (χ1v) is 7.33. The largest absolute Gasteiger partial charge is 0.390 e. The quantitative estimate of drug-likeness (QED) is 0.819. The molecule has 0 saturated carbocycles. The highest BCUT2D eigenvalue weighted by atomic mass is 16.3. The van der Waals surface area contributed by atoms with Gasteiger partial charge in [0.1, 0.15) is 0 Å². The molecule has 2 aromatic carbocycles. The van der Waals surface area contributed by atoms with E-state index in [1.165, 1.54) is 16.7 Å². The molecular formula is C18H24N2O.